The Morgan fingerprint density at radius 3 is 2.62 bits per heavy atom. The smallest absolute Gasteiger partial charge is 0.416 e. The fourth-order valence-corrected chi connectivity index (χ4v) is 2.68. The van der Waals surface area contributed by atoms with E-state index in [2.05, 4.69) is 5.32 Å². The number of carboxylic acids is 1. The lowest BCUT2D eigenvalue weighted by Crippen LogP contribution is -2.24. The minimum absolute atomic E-state index is 0.0426. The van der Waals surface area contributed by atoms with Crippen LogP contribution in [0.4, 0.5) is 23.2 Å². The van der Waals surface area contributed by atoms with Crippen LogP contribution in [0.15, 0.2) is 18.2 Å². The summed E-state index contributed by atoms with van der Waals surface area (Å²) in [6, 6.07) is 2.27. The Hall–Kier alpha value is -1.79. The Balaban J connectivity index is 2.02. The Bertz CT molecular complexity index is 530. The van der Waals surface area contributed by atoms with Crippen molar-refractivity contribution < 1.29 is 27.5 Å². The highest BCUT2D eigenvalue weighted by Crippen LogP contribution is 2.34. The molecule has 2 N–H and O–H groups in total. The molecule has 2 atom stereocenters. The van der Waals surface area contributed by atoms with Crippen molar-refractivity contribution in [1.82, 2.24) is 0 Å². The summed E-state index contributed by atoms with van der Waals surface area (Å²) >= 11 is 0. The van der Waals surface area contributed by atoms with E-state index in [4.69, 9.17) is 5.11 Å². The molecule has 0 spiro atoms. The van der Waals surface area contributed by atoms with Crippen molar-refractivity contribution in [2.75, 3.05) is 11.9 Å². The number of nitrogens with one attached hydrogen (secondary N) is 1. The number of carboxylic acid groups (broad SMARTS) is 1. The molecular weight excluding hydrogens is 290 g/mol. The van der Waals surface area contributed by atoms with E-state index in [1.807, 2.05) is 0 Å². The molecule has 1 fully saturated rings. The zero-order valence-electron chi connectivity index (χ0n) is 11.1. The van der Waals surface area contributed by atoms with E-state index < -0.39 is 29.4 Å². The van der Waals surface area contributed by atoms with Crippen LogP contribution in [-0.2, 0) is 11.0 Å². The molecule has 0 heterocycles. The van der Waals surface area contributed by atoms with Gasteiger partial charge in [0, 0.05) is 6.54 Å². The van der Waals surface area contributed by atoms with Gasteiger partial charge in [-0.1, -0.05) is 6.42 Å². The molecule has 7 heteroatoms. The molecule has 1 aliphatic carbocycles. The molecule has 0 aromatic heterocycles. The number of halogens is 4. The molecule has 0 bridgehead atoms. The summed E-state index contributed by atoms with van der Waals surface area (Å²) in [7, 11) is 0. The molecular formula is C14H15F4NO2. The quantitative estimate of drug-likeness (QED) is 0.833. The number of benzene rings is 1. The number of rotatable bonds is 4. The van der Waals surface area contributed by atoms with Crippen LogP contribution < -0.4 is 5.32 Å². The van der Waals surface area contributed by atoms with Gasteiger partial charge in [0.2, 0.25) is 0 Å². The Morgan fingerprint density at radius 1 is 1.33 bits per heavy atom. The minimum Gasteiger partial charge on any atom is -0.481 e. The molecule has 0 saturated heterocycles. The SMILES string of the molecule is O=C(O)C1CCCC1CNc1ccc(C(F)(F)F)cc1F. The summed E-state index contributed by atoms with van der Waals surface area (Å²) in [6.45, 7) is 0.235. The first kappa shape index (κ1) is 15.6. The van der Waals surface area contributed by atoms with E-state index in [0.717, 1.165) is 18.6 Å². The average molecular weight is 305 g/mol. The second kappa shape index (κ2) is 5.91. The summed E-state index contributed by atoms with van der Waals surface area (Å²) < 4.78 is 50.9. The lowest BCUT2D eigenvalue weighted by molar-refractivity contribution is -0.142. The number of carbonyl (C=O) groups is 1. The van der Waals surface area contributed by atoms with Gasteiger partial charge in [-0.25, -0.2) is 4.39 Å². The summed E-state index contributed by atoms with van der Waals surface area (Å²) in [4.78, 5) is 11.0. The third kappa shape index (κ3) is 3.65. The van der Waals surface area contributed by atoms with Gasteiger partial charge in [0.15, 0.2) is 0 Å². The fourth-order valence-electron chi connectivity index (χ4n) is 2.68. The fraction of sp³-hybridized carbons (Fsp3) is 0.500. The van der Waals surface area contributed by atoms with Crippen molar-refractivity contribution in [2.24, 2.45) is 11.8 Å². The molecule has 1 aromatic carbocycles. The number of alkyl halides is 3. The molecule has 2 unspecified atom stereocenters. The van der Waals surface area contributed by atoms with Gasteiger partial charge in [-0.3, -0.25) is 4.79 Å². The number of hydrogen-bond donors (Lipinski definition) is 2. The van der Waals surface area contributed by atoms with Crippen molar-refractivity contribution in [3.8, 4) is 0 Å². The van der Waals surface area contributed by atoms with Crippen LogP contribution in [0, 0.1) is 17.7 Å². The number of hydrogen-bond acceptors (Lipinski definition) is 2. The maximum absolute atomic E-state index is 13.6. The molecule has 1 aliphatic rings. The highest BCUT2D eigenvalue weighted by Gasteiger charge is 2.33. The summed E-state index contributed by atoms with van der Waals surface area (Å²) in [6.07, 6.45) is -2.50. The Labute approximate surface area is 119 Å². The van der Waals surface area contributed by atoms with Gasteiger partial charge in [-0.05, 0) is 37.0 Å². The second-order valence-corrected chi connectivity index (χ2v) is 5.21. The third-order valence-electron chi connectivity index (χ3n) is 3.83. The van der Waals surface area contributed by atoms with Crippen LogP contribution >= 0.6 is 0 Å². The Morgan fingerprint density at radius 2 is 2.05 bits per heavy atom. The van der Waals surface area contributed by atoms with Gasteiger partial charge in [0.1, 0.15) is 5.82 Å². The van der Waals surface area contributed by atoms with Crippen LogP contribution in [0.3, 0.4) is 0 Å². The van der Waals surface area contributed by atoms with Crippen molar-refractivity contribution in [2.45, 2.75) is 25.4 Å². The monoisotopic (exact) mass is 305 g/mol. The van der Waals surface area contributed by atoms with Crippen molar-refractivity contribution in [1.29, 1.82) is 0 Å². The molecule has 116 valence electrons. The molecule has 2 rings (SSSR count). The molecule has 21 heavy (non-hydrogen) atoms. The molecule has 0 amide bonds. The second-order valence-electron chi connectivity index (χ2n) is 5.21. The largest absolute Gasteiger partial charge is 0.481 e. The first-order chi connectivity index (χ1) is 9.79. The van der Waals surface area contributed by atoms with E-state index in [1.54, 1.807) is 0 Å². The van der Waals surface area contributed by atoms with Crippen molar-refractivity contribution in [3.05, 3.63) is 29.6 Å². The van der Waals surface area contributed by atoms with E-state index in [-0.39, 0.29) is 18.2 Å². The summed E-state index contributed by atoms with van der Waals surface area (Å²) in [5.41, 5.74) is -1.09. The minimum atomic E-state index is -4.58. The van der Waals surface area contributed by atoms with Crippen LogP contribution in [0.5, 0.6) is 0 Å². The first-order valence-corrected chi connectivity index (χ1v) is 6.62. The maximum Gasteiger partial charge on any atom is 0.416 e. The van der Waals surface area contributed by atoms with Gasteiger partial charge >= 0.3 is 12.1 Å². The van der Waals surface area contributed by atoms with E-state index >= 15 is 0 Å². The van der Waals surface area contributed by atoms with E-state index in [9.17, 15) is 22.4 Å². The standard InChI is InChI=1S/C14H15F4NO2/c15-11-6-9(14(16,17)18)4-5-12(11)19-7-8-2-1-3-10(8)13(20)21/h4-6,8,10,19H,1-3,7H2,(H,20,21). The van der Waals surface area contributed by atoms with Crippen LogP contribution in [0.25, 0.3) is 0 Å². The van der Waals surface area contributed by atoms with E-state index in [0.29, 0.717) is 18.9 Å². The maximum atomic E-state index is 13.6. The van der Waals surface area contributed by atoms with Gasteiger partial charge in [-0.15, -0.1) is 0 Å². The molecule has 1 saturated carbocycles. The van der Waals surface area contributed by atoms with Crippen molar-refractivity contribution in [3.63, 3.8) is 0 Å². The normalized spacial score (nSPS) is 22.3. The average Bonchev–Trinajstić information content (AvgIpc) is 2.84. The summed E-state index contributed by atoms with van der Waals surface area (Å²) in [5.74, 6) is -2.49. The topological polar surface area (TPSA) is 49.3 Å². The van der Waals surface area contributed by atoms with Crippen LogP contribution in [-0.4, -0.2) is 17.6 Å². The lowest BCUT2D eigenvalue weighted by atomic mass is 9.96. The molecule has 0 radical (unpaired) electrons. The highest BCUT2D eigenvalue weighted by atomic mass is 19.4. The van der Waals surface area contributed by atoms with Gasteiger partial charge in [0.25, 0.3) is 0 Å². The van der Waals surface area contributed by atoms with Gasteiger partial charge in [0.05, 0.1) is 17.2 Å². The lowest BCUT2D eigenvalue weighted by Gasteiger charge is -2.18. The summed E-state index contributed by atoms with van der Waals surface area (Å²) in [5, 5.41) is 11.7. The van der Waals surface area contributed by atoms with Crippen molar-refractivity contribution >= 4 is 11.7 Å². The third-order valence-corrected chi connectivity index (χ3v) is 3.83. The number of aliphatic carboxylic acids is 1. The Kier molecular flexibility index (Phi) is 4.39. The number of anilines is 1. The van der Waals surface area contributed by atoms with Crippen LogP contribution in [0.1, 0.15) is 24.8 Å². The van der Waals surface area contributed by atoms with Gasteiger partial charge in [-0.2, -0.15) is 13.2 Å². The van der Waals surface area contributed by atoms with Gasteiger partial charge < -0.3 is 10.4 Å². The molecule has 1 aromatic rings. The molecule has 3 nitrogen and oxygen atoms in total. The molecule has 0 aliphatic heterocycles. The van der Waals surface area contributed by atoms with Crippen LogP contribution in [0.2, 0.25) is 0 Å². The predicted molar refractivity (Wildman–Crippen MR) is 68.4 cm³/mol. The predicted octanol–water partition coefficient (Wildman–Crippen LogP) is 3.76. The zero-order chi connectivity index (χ0) is 15.6. The van der Waals surface area contributed by atoms with E-state index in [1.165, 1.54) is 0 Å². The first-order valence-electron chi connectivity index (χ1n) is 6.62. The highest BCUT2D eigenvalue weighted by molar-refractivity contribution is 5.70. The zero-order valence-corrected chi connectivity index (χ0v) is 11.1.